The van der Waals surface area contributed by atoms with Gasteiger partial charge in [-0.1, -0.05) is 99.6 Å². The molecule has 0 amide bonds. The average molecular weight is 630 g/mol. The second kappa shape index (κ2) is 10.2. The predicted octanol–water partition coefficient (Wildman–Crippen LogP) is 12.3. The summed E-state index contributed by atoms with van der Waals surface area (Å²) < 4.78 is 7.27. The first kappa shape index (κ1) is 28.0. The van der Waals surface area contributed by atoms with Crippen LogP contribution in [0.4, 0.5) is 0 Å². The highest BCUT2D eigenvalue weighted by atomic mass is 15.0. The van der Waals surface area contributed by atoms with Gasteiger partial charge in [-0.2, -0.15) is 0 Å². The van der Waals surface area contributed by atoms with Crippen molar-refractivity contribution in [2.24, 2.45) is 0 Å². The molecule has 0 bridgehead atoms. The number of nitrogens with zero attached hydrogens (tertiary/aromatic N) is 3. The number of hydrogen-bond acceptors (Lipinski definition) is 0. The Hall–Kier alpha value is -6.06. The Kier molecular flexibility index (Phi) is 5.84. The molecule has 0 atom stereocenters. The van der Waals surface area contributed by atoms with Gasteiger partial charge in [-0.05, 0) is 89.8 Å². The van der Waals surface area contributed by atoms with Crippen LogP contribution < -0.4 is 0 Å². The molecule has 7 aromatic carbocycles. The van der Waals surface area contributed by atoms with Crippen LogP contribution in [0.2, 0.25) is 0 Å². The summed E-state index contributed by atoms with van der Waals surface area (Å²) in [6.45, 7) is 6.87. The first-order valence-electron chi connectivity index (χ1n) is 17.1. The first-order chi connectivity index (χ1) is 24.0. The number of para-hydroxylation sites is 4. The average Bonchev–Trinajstić information content (AvgIpc) is 3.76. The molecule has 0 unspecified atom stereocenters. The van der Waals surface area contributed by atoms with Crippen molar-refractivity contribution in [1.82, 2.24) is 13.7 Å². The summed E-state index contributed by atoms with van der Waals surface area (Å²) in [4.78, 5) is 0. The standard InChI is InChI=1S/C46H35N3/c1-46(2,3)30-21-24-43-37(27-30)36-17-9-12-20-42(36)49(43)33-23-26-45-39(29-33)38-28-32(22-25-44(38)47(45)31-13-5-4-6-14-31)48-40-18-10-7-15-34(40)35-16-8-11-19-41(35)48/h4-29H,1-3H3. The van der Waals surface area contributed by atoms with Crippen molar-refractivity contribution >= 4 is 65.4 Å². The van der Waals surface area contributed by atoms with E-state index in [2.05, 4.69) is 192 Å². The van der Waals surface area contributed by atoms with Crippen LogP contribution in [0.25, 0.3) is 82.5 Å². The Balaban J connectivity index is 1.28. The van der Waals surface area contributed by atoms with Crippen LogP contribution in [0.3, 0.4) is 0 Å². The van der Waals surface area contributed by atoms with Crippen molar-refractivity contribution in [3.63, 3.8) is 0 Å². The van der Waals surface area contributed by atoms with Gasteiger partial charge >= 0.3 is 0 Å². The largest absolute Gasteiger partial charge is 0.309 e. The molecule has 0 aliphatic heterocycles. The number of fused-ring (bicyclic) bond motifs is 9. The lowest BCUT2D eigenvalue weighted by molar-refractivity contribution is 0.591. The van der Waals surface area contributed by atoms with Gasteiger partial charge < -0.3 is 13.7 Å². The van der Waals surface area contributed by atoms with E-state index in [4.69, 9.17) is 0 Å². The van der Waals surface area contributed by atoms with Crippen LogP contribution in [0.15, 0.2) is 158 Å². The van der Waals surface area contributed by atoms with Crippen LogP contribution in [0.1, 0.15) is 26.3 Å². The van der Waals surface area contributed by atoms with Crippen LogP contribution in [0.5, 0.6) is 0 Å². The van der Waals surface area contributed by atoms with Gasteiger partial charge in [0.1, 0.15) is 0 Å². The van der Waals surface area contributed by atoms with Gasteiger partial charge in [0, 0.05) is 49.4 Å². The van der Waals surface area contributed by atoms with Crippen LogP contribution in [0, 0.1) is 0 Å². The maximum atomic E-state index is 2.44. The lowest BCUT2D eigenvalue weighted by atomic mass is 9.86. The summed E-state index contributed by atoms with van der Waals surface area (Å²) in [5, 5.41) is 7.58. The van der Waals surface area contributed by atoms with Gasteiger partial charge in [-0.3, -0.25) is 0 Å². The van der Waals surface area contributed by atoms with E-state index in [9.17, 15) is 0 Å². The van der Waals surface area contributed by atoms with Crippen molar-refractivity contribution in [2.45, 2.75) is 26.2 Å². The van der Waals surface area contributed by atoms with Gasteiger partial charge in [0.05, 0.1) is 33.1 Å². The second-order valence-electron chi connectivity index (χ2n) is 14.3. The maximum Gasteiger partial charge on any atom is 0.0542 e. The molecule has 0 saturated carbocycles. The molecule has 0 saturated heterocycles. The molecule has 0 N–H and O–H groups in total. The van der Waals surface area contributed by atoms with Crippen molar-refractivity contribution < 1.29 is 0 Å². The number of benzene rings is 7. The van der Waals surface area contributed by atoms with E-state index in [-0.39, 0.29) is 5.41 Å². The quantitative estimate of drug-likeness (QED) is 0.185. The van der Waals surface area contributed by atoms with E-state index < -0.39 is 0 Å². The Morgan fingerprint density at radius 1 is 0.306 bits per heavy atom. The van der Waals surface area contributed by atoms with E-state index in [1.54, 1.807) is 0 Å². The van der Waals surface area contributed by atoms with Crippen LogP contribution >= 0.6 is 0 Å². The van der Waals surface area contributed by atoms with Crippen LogP contribution in [-0.2, 0) is 5.41 Å². The zero-order valence-corrected chi connectivity index (χ0v) is 27.9. The maximum absolute atomic E-state index is 2.44. The summed E-state index contributed by atoms with van der Waals surface area (Å²) in [6.07, 6.45) is 0. The minimum Gasteiger partial charge on any atom is -0.309 e. The van der Waals surface area contributed by atoms with E-state index >= 15 is 0 Å². The van der Waals surface area contributed by atoms with Gasteiger partial charge in [0.15, 0.2) is 0 Å². The summed E-state index contributed by atoms with van der Waals surface area (Å²) in [6, 6.07) is 58.0. The van der Waals surface area contributed by atoms with Crippen molar-refractivity contribution in [3.8, 4) is 17.1 Å². The Labute approximate surface area is 284 Å². The number of aromatic nitrogens is 3. The van der Waals surface area contributed by atoms with Gasteiger partial charge in [-0.15, -0.1) is 0 Å². The minimum atomic E-state index is 0.0731. The fourth-order valence-corrected chi connectivity index (χ4v) is 8.05. The molecule has 0 aliphatic carbocycles. The van der Waals surface area contributed by atoms with Crippen LogP contribution in [-0.4, -0.2) is 13.7 Å². The minimum absolute atomic E-state index is 0.0731. The zero-order chi connectivity index (χ0) is 32.9. The second-order valence-corrected chi connectivity index (χ2v) is 14.3. The Bertz CT molecular complexity index is 2850. The smallest absolute Gasteiger partial charge is 0.0542 e. The molecule has 10 rings (SSSR count). The highest BCUT2D eigenvalue weighted by Gasteiger charge is 2.20. The molecule has 3 aromatic heterocycles. The SMILES string of the molecule is CC(C)(C)c1ccc2c(c1)c1ccccc1n2-c1ccc2c(c1)c1cc(-n3c4ccccc4c4ccccc43)ccc1n2-c1ccccc1. The molecule has 234 valence electrons. The monoisotopic (exact) mass is 629 g/mol. The van der Waals surface area contributed by atoms with Crippen molar-refractivity contribution in [2.75, 3.05) is 0 Å². The summed E-state index contributed by atoms with van der Waals surface area (Å²) >= 11 is 0. The molecule has 0 spiro atoms. The van der Waals surface area contributed by atoms with Crippen molar-refractivity contribution in [3.05, 3.63) is 163 Å². The molecule has 0 fully saturated rings. The number of rotatable bonds is 3. The molecule has 3 nitrogen and oxygen atoms in total. The Morgan fingerprint density at radius 3 is 1.16 bits per heavy atom. The third kappa shape index (κ3) is 4.09. The molecule has 3 heterocycles. The molecule has 49 heavy (non-hydrogen) atoms. The van der Waals surface area contributed by atoms with E-state index in [0.717, 1.165) is 17.1 Å². The third-order valence-electron chi connectivity index (χ3n) is 10.4. The van der Waals surface area contributed by atoms with Crippen molar-refractivity contribution in [1.29, 1.82) is 0 Å². The third-order valence-corrected chi connectivity index (χ3v) is 10.4. The molecular weight excluding hydrogens is 595 g/mol. The highest BCUT2D eigenvalue weighted by Crippen LogP contribution is 2.40. The van der Waals surface area contributed by atoms with E-state index in [1.807, 2.05) is 0 Å². The Morgan fingerprint density at radius 2 is 0.673 bits per heavy atom. The number of hydrogen-bond donors (Lipinski definition) is 0. The highest BCUT2D eigenvalue weighted by molar-refractivity contribution is 6.14. The fraction of sp³-hybridized carbons (Fsp3) is 0.0870. The molecule has 10 aromatic rings. The zero-order valence-electron chi connectivity index (χ0n) is 27.9. The molecular formula is C46H35N3. The summed E-state index contributed by atoms with van der Waals surface area (Å²) in [5.41, 5.74) is 12.2. The summed E-state index contributed by atoms with van der Waals surface area (Å²) in [7, 11) is 0. The molecule has 0 radical (unpaired) electrons. The first-order valence-corrected chi connectivity index (χ1v) is 17.1. The fourth-order valence-electron chi connectivity index (χ4n) is 8.05. The predicted molar refractivity (Wildman–Crippen MR) is 208 cm³/mol. The normalized spacial score (nSPS) is 12.4. The van der Waals surface area contributed by atoms with E-state index in [0.29, 0.717) is 0 Å². The lowest BCUT2D eigenvalue weighted by Crippen LogP contribution is -2.10. The van der Waals surface area contributed by atoms with E-state index in [1.165, 1.54) is 71.0 Å². The molecule has 3 heteroatoms. The van der Waals surface area contributed by atoms with Gasteiger partial charge in [0.2, 0.25) is 0 Å². The molecule has 0 aliphatic rings. The van der Waals surface area contributed by atoms with Gasteiger partial charge in [0.25, 0.3) is 0 Å². The van der Waals surface area contributed by atoms with Gasteiger partial charge in [-0.25, -0.2) is 0 Å². The lowest BCUT2D eigenvalue weighted by Gasteiger charge is -2.19. The summed E-state index contributed by atoms with van der Waals surface area (Å²) in [5.74, 6) is 0. The topological polar surface area (TPSA) is 14.8 Å².